The van der Waals surface area contributed by atoms with E-state index in [1.54, 1.807) is 0 Å². The van der Waals surface area contributed by atoms with Crippen LogP contribution >= 0.6 is 15.6 Å². The third kappa shape index (κ3) is 66.5. The van der Waals surface area contributed by atoms with Gasteiger partial charge in [-0.2, -0.15) is 0 Å². The normalized spacial score (nSPS) is 14.2. The SMILES string of the molecule is CC(C)CCCCCCCCCCCCCCCCCC(=O)OC[C@H](COP(=O)(O)OCC(O)COP(=O)(O)OC[C@@H](COC(=O)CCCCCCCCCCC(C)C)OC(=O)CCCCCCCCCC(C)C)OC(=O)CCCCCCCCCCCC(C)C. The molecule has 19 heteroatoms. The standard InChI is InChI=1S/C72H140O17P2/c1-62(2)48-40-32-24-17-14-12-10-9-11-13-15-19-28-36-44-52-69(74)82-58-67(88-71(76)54-46-38-30-20-16-18-25-33-41-49-63(3)4)60-86-90(78,79)84-56-66(73)57-85-91(80,81)87-61-68(89-72(77)55-47-39-31-23-27-35-43-51-65(7)8)59-83-70(75)53-45-37-29-22-21-26-34-42-50-64(5)6/h62-68,73H,9-61H2,1-8H3,(H,78,79)(H,80,81)/t66?,67-,68-/m1/s1. The summed E-state index contributed by atoms with van der Waals surface area (Å²) in [5.74, 6) is 0.835. The number of carbonyl (C=O) groups excluding carboxylic acids is 4. The van der Waals surface area contributed by atoms with E-state index in [0.29, 0.717) is 31.6 Å². The molecular formula is C72H140O17P2. The van der Waals surface area contributed by atoms with Gasteiger partial charge in [0.25, 0.3) is 0 Å². The molecule has 0 rings (SSSR count). The van der Waals surface area contributed by atoms with Crippen LogP contribution in [0, 0.1) is 23.7 Å². The van der Waals surface area contributed by atoms with Crippen LogP contribution in [0.3, 0.4) is 0 Å². The fourth-order valence-electron chi connectivity index (χ4n) is 10.8. The molecule has 0 saturated carbocycles. The molecule has 0 aromatic carbocycles. The molecule has 91 heavy (non-hydrogen) atoms. The van der Waals surface area contributed by atoms with Gasteiger partial charge in [-0.3, -0.25) is 37.3 Å². The Balaban J connectivity index is 5.21. The Morgan fingerprint density at radius 3 is 0.681 bits per heavy atom. The second-order valence-electron chi connectivity index (χ2n) is 27.9. The van der Waals surface area contributed by atoms with Gasteiger partial charge in [-0.25, -0.2) is 9.13 Å². The number of esters is 4. The summed E-state index contributed by atoms with van der Waals surface area (Å²) in [6, 6.07) is 0. The van der Waals surface area contributed by atoms with Gasteiger partial charge in [0.15, 0.2) is 12.2 Å². The Morgan fingerprint density at radius 1 is 0.275 bits per heavy atom. The van der Waals surface area contributed by atoms with Crippen molar-refractivity contribution < 1.29 is 80.2 Å². The van der Waals surface area contributed by atoms with E-state index in [2.05, 4.69) is 55.4 Å². The molecule has 0 aliphatic heterocycles. The summed E-state index contributed by atoms with van der Waals surface area (Å²) in [7, 11) is -9.90. The first-order valence-electron chi connectivity index (χ1n) is 37.2. The lowest BCUT2D eigenvalue weighted by molar-refractivity contribution is -0.161. The zero-order valence-corrected chi connectivity index (χ0v) is 61.3. The molecule has 0 spiro atoms. The number of ether oxygens (including phenoxy) is 4. The van der Waals surface area contributed by atoms with E-state index in [0.717, 1.165) is 108 Å². The maximum absolute atomic E-state index is 13.0. The van der Waals surface area contributed by atoms with Gasteiger partial charge < -0.3 is 33.8 Å². The van der Waals surface area contributed by atoms with Crippen molar-refractivity contribution in [1.82, 2.24) is 0 Å². The van der Waals surface area contributed by atoms with Crippen LogP contribution in [-0.4, -0.2) is 96.7 Å². The predicted octanol–water partition coefficient (Wildman–Crippen LogP) is 20.5. The van der Waals surface area contributed by atoms with Crippen molar-refractivity contribution in [2.75, 3.05) is 39.6 Å². The quantitative estimate of drug-likeness (QED) is 0.0222. The van der Waals surface area contributed by atoms with Crippen molar-refractivity contribution in [1.29, 1.82) is 0 Å². The molecule has 3 N–H and O–H groups in total. The van der Waals surface area contributed by atoms with Crippen LogP contribution in [0.2, 0.25) is 0 Å². The molecule has 5 atom stereocenters. The van der Waals surface area contributed by atoms with Crippen LogP contribution in [0.25, 0.3) is 0 Å². The summed E-state index contributed by atoms with van der Waals surface area (Å²) in [4.78, 5) is 72.6. The van der Waals surface area contributed by atoms with Gasteiger partial charge in [0.1, 0.15) is 19.3 Å². The Bertz CT molecular complexity index is 1800. The van der Waals surface area contributed by atoms with Crippen LogP contribution in [-0.2, 0) is 65.4 Å². The van der Waals surface area contributed by atoms with E-state index >= 15 is 0 Å². The fourth-order valence-corrected chi connectivity index (χ4v) is 12.4. The zero-order chi connectivity index (χ0) is 67.5. The first-order chi connectivity index (χ1) is 43.6. The summed E-state index contributed by atoms with van der Waals surface area (Å²) < 4.78 is 68.3. The van der Waals surface area contributed by atoms with Gasteiger partial charge in [-0.1, -0.05) is 306 Å². The summed E-state index contributed by atoms with van der Waals surface area (Å²) in [6.45, 7) is 14.1. The zero-order valence-electron chi connectivity index (χ0n) is 59.5. The number of phosphoric acid groups is 2. The molecule has 0 heterocycles. The minimum atomic E-state index is -4.95. The average Bonchev–Trinajstić information content (AvgIpc) is 3.35. The number of unbranched alkanes of at least 4 members (excludes halogenated alkanes) is 35. The molecule has 0 bridgehead atoms. The second-order valence-corrected chi connectivity index (χ2v) is 30.8. The van der Waals surface area contributed by atoms with Crippen LogP contribution in [0.5, 0.6) is 0 Å². The van der Waals surface area contributed by atoms with Crippen LogP contribution in [0.1, 0.15) is 357 Å². The molecule has 0 aromatic heterocycles. The van der Waals surface area contributed by atoms with Crippen molar-refractivity contribution in [3.8, 4) is 0 Å². The Morgan fingerprint density at radius 2 is 0.462 bits per heavy atom. The van der Waals surface area contributed by atoms with Crippen molar-refractivity contribution in [2.24, 2.45) is 23.7 Å². The minimum absolute atomic E-state index is 0.102. The van der Waals surface area contributed by atoms with Gasteiger partial charge in [-0.05, 0) is 49.4 Å². The van der Waals surface area contributed by atoms with Crippen LogP contribution in [0.4, 0.5) is 0 Å². The van der Waals surface area contributed by atoms with Gasteiger partial charge in [0.2, 0.25) is 0 Å². The topological polar surface area (TPSA) is 237 Å². The van der Waals surface area contributed by atoms with E-state index in [1.807, 2.05) is 0 Å². The first kappa shape index (κ1) is 89.1. The van der Waals surface area contributed by atoms with Gasteiger partial charge >= 0.3 is 39.5 Å². The molecular weight excluding hydrogens is 1200 g/mol. The molecule has 0 radical (unpaired) electrons. The molecule has 0 fully saturated rings. The lowest BCUT2D eigenvalue weighted by Crippen LogP contribution is -2.30. The second kappa shape index (κ2) is 61.6. The summed E-state index contributed by atoms with van der Waals surface area (Å²) in [6.07, 6.45) is 44.6. The van der Waals surface area contributed by atoms with Crippen LogP contribution < -0.4 is 0 Å². The van der Waals surface area contributed by atoms with Gasteiger partial charge in [-0.15, -0.1) is 0 Å². The monoisotopic (exact) mass is 1340 g/mol. The number of rotatable bonds is 69. The highest BCUT2D eigenvalue weighted by Gasteiger charge is 2.30. The van der Waals surface area contributed by atoms with Crippen molar-refractivity contribution in [3.05, 3.63) is 0 Å². The largest absolute Gasteiger partial charge is 0.472 e. The number of aliphatic hydroxyl groups excluding tert-OH is 1. The molecule has 0 aliphatic carbocycles. The lowest BCUT2D eigenvalue weighted by Gasteiger charge is -2.21. The molecule has 540 valence electrons. The maximum Gasteiger partial charge on any atom is 0.472 e. The predicted molar refractivity (Wildman–Crippen MR) is 367 cm³/mol. The minimum Gasteiger partial charge on any atom is -0.462 e. The van der Waals surface area contributed by atoms with Crippen molar-refractivity contribution >= 4 is 39.5 Å². The van der Waals surface area contributed by atoms with E-state index < -0.39 is 97.5 Å². The third-order valence-electron chi connectivity index (χ3n) is 16.6. The van der Waals surface area contributed by atoms with Gasteiger partial charge in [0.05, 0.1) is 26.4 Å². The number of hydrogen-bond donors (Lipinski definition) is 3. The average molecular weight is 1340 g/mol. The molecule has 17 nitrogen and oxygen atoms in total. The summed E-state index contributed by atoms with van der Waals surface area (Å²) >= 11 is 0. The lowest BCUT2D eigenvalue weighted by atomic mass is 10.0. The summed E-state index contributed by atoms with van der Waals surface area (Å²) in [5, 5.41) is 10.6. The van der Waals surface area contributed by atoms with E-state index in [1.165, 1.54) is 161 Å². The van der Waals surface area contributed by atoms with Crippen molar-refractivity contribution in [3.63, 3.8) is 0 Å². The molecule has 0 saturated heterocycles. The highest BCUT2D eigenvalue weighted by atomic mass is 31.2. The number of hydrogen-bond acceptors (Lipinski definition) is 15. The fraction of sp³-hybridized carbons (Fsp3) is 0.944. The Kier molecular flexibility index (Phi) is 60.3. The number of phosphoric ester groups is 2. The maximum atomic E-state index is 13.0. The molecule has 0 aromatic rings. The van der Waals surface area contributed by atoms with E-state index in [9.17, 15) is 43.2 Å². The van der Waals surface area contributed by atoms with Gasteiger partial charge in [0, 0.05) is 25.7 Å². The number of carbonyl (C=O) groups is 4. The van der Waals surface area contributed by atoms with E-state index in [4.69, 9.17) is 37.0 Å². The Labute approximate surface area is 556 Å². The third-order valence-corrected chi connectivity index (χ3v) is 18.5. The summed E-state index contributed by atoms with van der Waals surface area (Å²) in [5.41, 5.74) is 0. The van der Waals surface area contributed by atoms with Crippen LogP contribution in [0.15, 0.2) is 0 Å². The highest BCUT2D eigenvalue weighted by Crippen LogP contribution is 2.45. The first-order valence-corrected chi connectivity index (χ1v) is 40.2. The molecule has 0 aliphatic rings. The Hall–Kier alpha value is -1.94. The van der Waals surface area contributed by atoms with E-state index in [-0.39, 0.29) is 25.7 Å². The molecule has 3 unspecified atom stereocenters. The smallest absolute Gasteiger partial charge is 0.462 e. The molecule has 0 amide bonds. The van der Waals surface area contributed by atoms with Crippen molar-refractivity contribution in [2.45, 2.75) is 375 Å². The number of aliphatic hydroxyl groups is 1. The highest BCUT2D eigenvalue weighted by molar-refractivity contribution is 7.47.